The van der Waals surface area contributed by atoms with Gasteiger partial charge in [0, 0.05) is 25.7 Å². The molecule has 0 unspecified atom stereocenters. The first-order valence-electron chi connectivity index (χ1n) is 11.1. The normalized spacial score (nSPS) is 26.5. The Balaban J connectivity index is 1.36. The highest BCUT2D eigenvalue weighted by Gasteiger charge is 2.41. The minimum Gasteiger partial charge on any atom is -0.492 e. The second-order valence-electron chi connectivity index (χ2n) is 8.82. The number of hydrogen-bond donors (Lipinski definition) is 2. The van der Waals surface area contributed by atoms with Crippen LogP contribution in [-0.4, -0.2) is 71.5 Å². The highest BCUT2D eigenvalue weighted by Crippen LogP contribution is 2.41. The Morgan fingerprint density at radius 2 is 1.78 bits per heavy atom. The minimum atomic E-state index is -4.59. The molecule has 2 fully saturated rings. The lowest BCUT2D eigenvalue weighted by atomic mass is 9.93. The summed E-state index contributed by atoms with van der Waals surface area (Å²) in [6.07, 6.45) is -1.51. The predicted molar refractivity (Wildman–Crippen MR) is 113 cm³/mol. The van der Waals surface area contributed by atoms with Gasteiger partial charge in [0.05, 0.1) is 13.2 Å². The lowest BCUT2D eigenvalue weighted by Crippen LogP contribution is -2.49. The van der Waals surface area contributed by atoms with Crippen LogP contribution in [0.3, 0.4) is 0 Å². The average molecular weight is 478 g/mol. The Kier molecular flexibility index (Phi) is 7.30. The summed E-state index contributed by atoms with van der Waals surface area (Å²) in [5.74, 6) is 0.905. The van der Waals surface area contributed by atoms with Gasteiger partial charge in [0.15, 0.2) is 0 Å². The fraction of sp³-hybridized carbons (Fsp3) is 0.714. The van der Waals surface area contributed by atoms with Gasteiger partial charge in [-0.15, -0.1) is 0 Å². The van der Waals surface area contributed by atoms with E-state index in [9.17, 15) is 21.6 Å². The molecule has 2 bridgehead atoms. The molecule has 3 aliphatic rings. The summed E-state index contributed by atoms with van der Waals surface area (Å²) >= 11 is 0. The molecule has 2 aliphatic carbocycles. The molecule has 1 saturated heterocycles. The van der Waals surface area contributed by atoms with Gasteiger partial charge in [-0.1, -0.05) is 6.07 Å². The first-order chi connectivity index (χ1) is 15.2. The first kappa shape index (κ1) is 23.7. The van der Waals surface area contributed by atoms with Crippen molar-refractivity contribution in [1.82, 2.24) is 14.3 Å². The van der Waals surface area contributed by atoms with Gasteiger partial charge < -0.3 is 9.47 Å². The molecule has 7 nitrogen and oxygen atoms in total. The van der Waals surface area contributed by atoms with Gasteiger partial charge >= 0.3 is 6.18 Å². The molecule has 1 heterocycles. The molecule has 0 radical (unpaired) electrons. The topological polar surface area (TPSA) is 79.9 Å². The number of nitrogens with one attached hydrogen (secondary N) is 2. The molecule has 2 N–H and O–H groups in total. The molecular formula is C21H30F3N3O4S. The Bertz CT molecular complexity index is 891. The molecule has 4 rings (SSSR count). The Hall–Kier alpha value is -1.40. The number of halogens is 3. The Morgan fingerprint density at radius 3 is 2.47 bits per heavy atom. The molecule has 1 aliphatic heterocycles. The third-order valence-electron chi connectivity index (χ3n) is 6.60. The number of ether oxygens (including phenoxy) is 2. The molecule has 1 aromatic rings. The van der Waals surface area contributed by atoms with Crippen LogP contribution in [0.15, 0.2) is 18.2 Å². The molecule has 11 heteroatoms. The average Bonchev–Trinajstić information content (AvgIpc) is 3.01. The van der Waals surface area contributed by atoms with Crippen LogP contribution >= 0.6 is 0 Å². The fourth-order valence-electron chi connectivity index (χ4n) is 4.98. The van der Waals surface area contributed by atoms with Crippen molar-refractivity contribution >= 4 is 10.2 Å². The summed E-state index contributed by atoms with van der Waals surface area (Å²) < 4.78 is 77.1. The Labute approximate surface area is 186 Å². The summed E-state index contributed by atoms with van der Waals surface area (Å²) in [4.78, 5) is 2.30. The highest BCUT2D eigenvalue weighted by molar-refractivity contribution is 7.87. The molecule has 3 atom stereocenters. The number of rotatable bonds is 8. The number of alkyl halides is 3. The largest absolute Gasteiger partial charge is 0.492 e. The number of hydrogen-bond acceptors (Lipinski definition) is 5. The van der Waals surface area contributed by atoms with E-state index >= 15 is 0 Å². The second kappa shape index (κ2) is 9.84. The number of benzene rings is 1. The van der Waals surface area contributed by atoms with Crippen molar-refractivity contribution < 1.29 is 31.1 Å². The van der Waals surface area contributed by atoms with Crippen molar-refractivity contribution in [1.29, 1.82) is 0 Å². The van der Waals surface area contributed by atoms with Crippen molar-refractivity contribution in [2.45, 2.75) is 37.9 Å². The third-order valence-corrected chi connectivity index (χ3v) is 7.71. The van der Waals surface area contributed by atoms with Crippen LogP contribution in [0.5, 0.6) is 5.75 Å². The van der Waals surface area contributed by atoms with Crippen LogP contribution in [0.1, 0.15) is 24.0 Å². The van der Waals surface area contributed by atoms with E-state index < -0.39 is 22.9 Å². The van der Waals surface area contributed by atoms with Crippen molar-refractivity contribution in [3.63, 3.8) is 0 Å². The predicted octanol–water partition coefficient (Wildman–Crippen LogP) is 1.88. The molecule has 1 aromatic carbocycles. The lowest BCUT2D eigenvalue weighted by Gasteiger charge is -2.26. The van der Waals surface area contributed by atoms with E-state index in [1.54, 1.807) is 4.72 Å². The van der Waals surface area contributed by atoms with E-state index in [2.05, 4.69) is 9.62 Å². The van der Waals surface area contributed by atoms with E-state index in [0.29, 0.717) is 19.4 Å². The molecule has 0 spiro atoms. The maximum atomic E-state index is 12.4. The first-order valence-corrected chi connectivity index (χ1v) is 12.6. The van der Waals surface area contributed by atoms with Gasteiger partial charge in [0.25, 0.3) is 10.2 Å². The van der Waals surface area contributed by atoms with E-state index in [0.717, 1.165) is 62.6 Å². The third kappa shape index (κ3) is 6.34. The zero-order valence-electron chi connectivity index (χ0n) is 17.9. The molecular weight excluding hydrogens is 447 g/mol. The standard InChI is InChI=1S/C21H30F3N3O4S/c22-21(23,24)14-25-32(28,29)26-20-16-1-2-17(20)12-18-13-19(4-3-15(18)11-16)31-10-7-27-5-8-30-9-6-27/h3-4,13,16-17,20,25-26H,1-2,5-12,14H2/t16-,17+,20-/m1/s1. The van der Waals surface area contributed by atoms with Crippen molar-refractivity contribution in [2.75, 3.05) is 46.0 Å². The van der Waals surface area contributed by atoms with Crippen molar-refractivity contribution in [2.24, 2.45) is 11.8 Å². The summed E-state index contributed by atoms with van der Waals surface area (Å²) in [6.45, 7) is 3.15. The van der Waals surface area contributed by atoms with E-state index in [1.807, 2.05) is 18.2 Å². The van der Waals surface area contributed by atoms with Gasteiger partial charge in [-0.25, -0.2) is 0 Å². The zero-order chi connectivity index (χ0) is 22.8. The molecule has 0 aromatic heterocycles. The van der Waals surface area contributed by atoms with Gasteiger partial charge in [-0.05, 0) is 60.8 Å². The number of fused-ring (bicyclic) bond motifs is 3. The molecule has 1 saturated carbocycles. The number of nitrogens with zero attached hydrogens (tertiary/aromatic N) is 1. The van der Waals surface area contributed by atoms with Gasteiger partial charge in [0.2, 0.25) is 0 Å². The molecule has 32 heavy (non-hydrogen) atoms. The van der Waals surface area contributed by atoms with Gasteiger partial charge in [-0.3, -0.25) is 4.90 Å². The maximum Gasteiger partial charge on any atom is 0.402 e. The monoisotopic (exact) mass is 477 g/mol. The van der Waals surface area contributed by atoms with Crippen LogP contribution in [-0.2, 0) is 27.8 Å². The Morgan fingerprint density at radius 1 is 1.09 bits per heavy atom. The van der Waals surface area contributed by atoms with Crippen LogP contribution in [0.4, 0.5) is 13.2 Å². The lowest BCUT2D eigenvalue weighted by molar-refractivity contribution is -0.121. The summed E-state index contributed by atoms with van der Waals surface area (Å²) in [5, 5.41) is 0. The second-order valence-corrected chi connectivity index (χ2v) is 10.4. The quantitative estimate of drug-likeness (QED) is 0.598. The van der Waals surface area contributed by atoms with Crippen molar-refractivity contribution in [3.05, 3.63) is 29.3 Å². The zero-order valence-corrected chi connectivity index (χ0v) is 18.7. The minimum absolute atomic E-state index is 0.0484. The fourth-order valence-corrected chi connectivity index (χ4v) is 6.16. The van der Waals surface area contributed by atoms with Crippen LogP contribution in [0, 0.1) is 11.8 Å². The highest BCUT2D eigenvalue weighted by atomic mass is 32.2. The molecule has 180 valence electrons. The van der Waals surface area contributed by atoms with E-state index in [-0.39, 0.29) is 17.9 Å². The van der Waals surface area contributed by atoms with E-state index in [4.69, 9.17) is 9.47 Å². The maximum absolute atomic E-state index is 12.4. The SMILES string of the molecule is O=S(=O)(NCC(F)(F)F)N[C@@H]1[C@@H]2CC[C@H]1Cc1cc(OCCN3CCOCC3)ccc1C2. The summed E-state index contributed by atoms with van der Waals surface area (Å²) in [6, 6.07) is 5.64. The van der Waals surface area contributed by atoms with Crippen LogP contribution in [0.2, 0.25) is 0 Å². The van der Waals surface area contributed by atoms with E-state index in [1.165, 1.54) is 0 Å². The van der Waals surface area contributed by atoms with Gasteiger partial charge in [0.1, 0.15) is 18.9 Å². The number of morpholine rings is 1. The smallest absolute Gasteiger partial charge is 0.402 e. The molecule has 0 amide bonds. The van der Waals surface area contributed by atoms with Crippen LogP contribution in [0.25, 0.3) is 0 Å². The summed E-state index contributed by atoms with van der Waals surface area (Å²) in [7, 11) is -4.23. The van der Waals surface area contributed by atoms with Crippen LogP contribution < -0.4 is 14.2 Å². The van der Waals surface area contributed by atoms with Gasteiger partial charge in [-0.2, -0.15) is 31.0 Å². The van der Waals surface area contributed by atoms with Crippen molar-refractivity contribution in [3.8, 4) is 5.75 Å². The summed E-state index contributed by atoms with van der Waals surface area (Å²) in [5.41, 5.74) is 2.29.